The van der Waals surface area contributed by atoms with E-state index >= 15 is 0 Å². The van der Waals surface area contributed by atoms with E-state index in [2.05, 4.69) is 44.6 Å². The van der Waals surface area contributed by atoms with Crippen LogP contribution in [-0.4, -0.2) is 46.8 Å². The Hall–Kier alpha value is -2.83. The van der Waals surface area contributed by atoms with Gasteiger partial charge in [0.15, 0.2) is 0 Å². The van der Waals surface area contributed by atoms with Crippen LogP contribution in [0.1, 0.15) is 24.7 Å². The minimum absolute atomic E-state index is 0.436. The van der Waals surface area contributed by atoms with Gasteiger partial charge in [0, 0.05) is 19.1 Å². The van der Waals surface area contributed by atoms with Crippen LogP contribution in [0.4, 0.5) is 5.95 Å². The van der Waals surface area contributed by atoms with Gasteiger partial charge in [-0.25, -0.2) is 4.98 Å². The topological polar surface area (TPSA) is 65.3 Å². The van der Waals surface area contributed by atoms with Gasteiger partial charge in [-0.3, -0.25) is 0 Å². The first-order chi connectivity index (χ1) is 12.7. The van der Waals surface area contributed by atoms with Crippen molar-refractivity contribution in [3.05, 3.63) is 36.2 Å². The largest absolute Gasteiger partial charge is 0.481 e. The van der Waals surface area contributed by atoms with E-state index in [1.165, 1.54) is 5.52 Å². The number of anilines is 1. The van der Waals surface area contributed by atoms with Gasteiger partial charge in [-0.2, -0.15) is 9.97 Å². The van der Waals surface area contributed by atoms with Gasteiger partial charge in [0.2, 0.25) is 17.7 Å². The Kier molecular flexibility index (Phi) is 4.36. The Morgan fingerprint density at radius 3 is 2.27 bits per heavy atom. The zero-order valence-electron chi connectivity index (χ0n) is 15.3. The lowest BCUT2D eigenvalue weighted by atomic mass is 10.0. The molecular weight excluding hydrogens is 330 g/mol. The summed E-state index contributed by atoms with van der Waals surface area (Å²) in [6, 6.07) is 10.5. The molecular formula is C19H23N5O2. The molecule has 0 bridgehead atoms. The highest BCUT2D eigenvalue weighted by atomic mass is 16.5. The van der Waals surface area contributed by atoms with Crippen molar-refractivity contribution in [2.24, 2.45) is 0 Å². The summed E-state index contributed by atoms with van der Waals surface area (Å²) in [5.41, 5.74) is 2.27. The monoisotopic (exact) mass is 353 g/mol. The normalized spacial score (nSPS) is 15.4. The molecule has 0 N–H and O–H groups in total. The van der Waals surface area contributed by atoms with E-state index in [1.54, 1.807) is 20.3 Å². The van der Waals surface area contributed by atoms with Crippen molar-refractivity contribution in [3.8, 4) is 11.8 Å². The zero-order valence-corrected chi connectivity index (χ0v) is 15.3. The quantitative estimate of drug-likeness (QED) is 0.718. The Labute approximate surface area is 152 Å². The van der Waals surface area contributed by atoms with Crippen LogP contribution in [0.2, 0.25) is 0 Å². The number of fused-ring (bicyclic) bond motifs is 1. The second kappa shape index (κ2) is 6.82. The summed E-state index contributed by atoms with van der Waals surface area (Å²) < 4.78 is 12.9. The fraction of sp³-hybridized carbons (Fsp3) is 0.421. The van der Waals surface area contributed by atoms with Crippen molar-refractivity contribution in [3.63, 3.8) is 0 Å². The molecule has 3 aromatic rings. The van der Waals surface area contributed by atoms with Crippen molar-refractivity contribution in [1.29, 1.82) is 0 Å². The molecule has 1 saturated heterocycles. The zero-order chi connectivity index (χ0) is 18.1. The van der Waals surface area contributed by atoms with Gasteiger partial charge in [-0.1, -0.05) is 12.1 Å². The maximum Gasteiger partial charge on any atom is 0.231 e. The smallest absolute Gasteiger partial charge is 0.231 e. The highest BCUT2D eigenvalue weighted by Gasteiger charge is 2.25. The first-order valence-electron chi connectivity index (χ1n) is 8.85. The van der Waals surface area contributed by atoms with E-state index in [0.29, 0.717) is 23.8 Å². The highest BCUT2D eigenvalue weighted by molar-refractivity contribution is 5.76. The van der Waals surface area contributed by atoms with Crippen LogP contribution in [-0.2, 0) is 0 Å². The molecule has 3 heterocycles. The molecule has 2 aromatic heterocycles. The fourth-order valence-electron chi connectivity index (χ4n) is 3.69. The first kappa shape index (κ1) is 16.6. The number of methoxy groups -OCH3 is 2. The molecule has 4 rings (SSSR count). The summed E-state index contributed by atoms with van der Waals surface area (Å²) in [6.07, 6.45) is 2.04. The number of piperidine rings is 1. The number of aryl methyl sites for hydroxylation is 1. The van der Waals surface area contributed by atoms with Crippen LogP contribution >= 0.6 is 0 Å². The number of benzene rings is 1. The molecule has 1 aromatic carbocycles. The third kappa shape index (κ3) is 2.94. The Morgan fingerprint density at radius 2 is 1.62 bits per heavy atom. The summed E-state index contributed by atoms with van der Waals surface area (Å²) >= 11 is 0. The molecule has 1 aliphatic rings. The molecule has 0 radical (unpaired) electrons. The van der Waals surface area contributed by atoms with Crippen molar-refractivity contribution in [1.82, 2.24) is 19.5 Å². The second-order valence-corrected chi connectivity index (χ2v) is 6.49. The Balaban J connectivity index is 1.55. The molecule has 1 fully saturated rings. The van der Waals surface area contributed by atoms with Gasteiger partial charge < -0.3 is 18.9 Å². The van der Waals surface area contributed by atoms with E-state index in [-0.39, 0.29) is 0 Å². The third-order valence-corrected chi connectivity index (χ3v) is 4.97. The highest BCUT2D eigenvalue weighted by Crippen LogP contribution is 2.30. The number of nitrogens with zero attached hydrogens (tertiary/aromatic N) is 5. The Morgan fingerprint density at radius 1 is 0.962 bits per heavy atom. The number of rotatable bonds is 4. The first-order valence-corrected chi connectivity index (χ1v) is 8.85. The van der Waals surface area contributed by atoms with E-state index in [4.69, 9.17) is 14.5 Å². The molecule has 7 nitrogen and oxygen atoms in total. The van der Waals surface area contributed by atoms with Gasteiger partial charge in [0.1, 0.15) is 5.82 Å². The summed E-state index contributed by atoms with van der Waals surface area (Å²) in [4.78, 5) is 15.8. The third-order valence-electron chi connectivity index (χ3n) is 4.97. The minimum atomic E-state index is 0.436. The number of hydrogen-bond acceptors (Lipinski definition) is 6. The molecule has 26 heavy (non-hydrogen) atoms. The van der Waals surface area contributed by atoms with Crippen LogP contribution in [0.5, 0.6) is 11.8 Å². The van der Waals surface area contributed by atoms with Gasteiger partial charge >= 0.3 is 0 Å². The standard InChI is InChI=1S/C19H23N5O2/c1-13-20-15-6-4-5-7-16(15)24(13)14-8-10-23(11-9-14)19-21-17(25-2)12-18(22-19)26-3/h4-7,12,14H,8-11H2,1-3H3. The molecule has 0 amide bonds. The average Bonchev–Trinajstić information content (AvgIpc) is 3.03. The predicted octanol–water partition coefficient (Wildman–Crippen LogP) is 2.99. The second-order valence-electron chi connectivity index (χ2n) is 6.49. The summed E-state index contributed by atoms with van der Waals surface area (Å²) in [5, 5.41) is 0. The minimum Gasteiger partial charge on any atom is -0.481 e. The van der Waals surface area contributed by atoms with Crippen molar-refractivity contribution in [2.45, 2.75) is 25.8 Å². The number of para-hydroxylation sites is 2. The number of imidazole rings is 1. The lowest BCUT2D eigenvalue weighted by Crippen LogP contribution is -2.36. The van der Waals surface area contributed by atoms with E-state index in [1.807, 2.05) is 6.07 Å². The van der Waals surface area contributed by atoms with Gasteiger partial charge in [-0.05, 0) is 31.9 Å². The van der Waals surface area contributed by atoms with Crippen LogP contribution in [0.3, 0.4) is 0 Å². The molecule has 0 aliphatic carbocycles. The van der Waals surface area contributed by atoms with Gasteiger partial charge in [0.25, 0.3) is 0 Å². The van der Waals surface area contributed by atoms with E-state index < -0.39 is 0 Å². The fourth-order valence-corrected chi connectivity index (χ4v) is 3.69. The van der Waals surface area contributed by atoms with E-state index in [9.17, 15) is 0 Å². The maximum absolute atomic E-state index is 5.26. The SMILES string of the molecule is COc1cc(OC)nc(N2CCC(n3c(C)nc4ccccc43)CC2)n1. The number of hydrogen-bond donors (Lipinski definition) is 0. The molecule has 0 saturated carbocycles. The van der Waals surface area contributed by atoms with Crippen LogP contribution in [0, 0.1) is 6.92 Å². The summed E-state index contributed by atoms with van der Waals surface area (Å²) in [7, 11) is 3.20. The lowest BCUT2D eigenvalue weighted by molar-refractivity contribution is 0.365. The molecule has 0 unspecified atom stereocenters. The van der Waals surface area contributed by atoms with Crippen molar-refractivity contribution >= 4 is 17.0 Å². The Bertz CT molecular complexity index is 893. The van der Waals surface area contributed by atoms with Crippen molar-refractivity contribution in [2.75, 3.05) is 32.2 Å². The molecule has 0 spiro atoms. The molecule has 136 valence electrons. The van der Waals surface area contributed by atoms with Crippen molar-refractivity contribution < 1.29 is 9.47 Å². The summed E-state index contributed by atoms with van der Waals surface area (Å²) in [6.45, 7) is 3.85. The molecule has 1 aliphatic heterocycles. The van der Waals surface area contributed by atoms with E-state index in [0.717, 1.165) is 37.3 Å². The molecule has 7 heteroatoms. The number of aromatic nitrogens is 4. The molecule has 0 atom stereocenters. The predicted molar refractivity (Wildman–Crippen MR) is 100 cm³/mol. The van der Waals surface area contributed by atoms with Crippen LogP contribution in [0.25, 0.3) is 11.0 Å². The van der Waals surface area contributed by atoms with Crippen LogP contribution < -0.4 is 14.4 Å². The van der Waals surface area contributed by atoms with Gasteiger partial charge in [-0.15, -0.1) is 0 Å². The number of ether oxygens (including phenoxy) is 2. The average molecular weight is 353 g/mol. The van der Waals surface area contributed by atoms with Crippen LogP contribution in [0.15, 0.2) is 30.3 Å². The maximum atomic E-state index is 5.26. The lowest BCUT2D eigenvalue weighted by Gasteiger charge is -2.33. The van der Waals surface area contributed by atoms with Gasteiger partial charge in [0.05, 0.1) is 31.3 Å². The summed E-state index contributed by atoms with van der Waals surface area (Å²) in [5.74, 6) is 2.77.